The van der Waals surface area contributed by atoms with E-state index in [1.807, 2.05) is 25.2 Å². The molecule has 176 valence electrons. The van der Waals surface area contributed by atoms with Gasteiger partial charge in [-0.2, -0.15) is 10.2 Å². The number of carbonyl (C=O) groups excluding carboxylic acids is 1. The quantitative estimate of drug-likeness (QED) is 0.352. The lowest BCUT2D eigenvalue weighted by Crippen LogP contribution is -2.57. The molecule has 10 nitrogen and oxygen atoms in total. The molecular weight excluding hydrogens is 458 g/mol. The highest BCUT2D eigenvalue weighted by atomic mass is 35.5. The van der Waals surface area contributed by atoms with Gasteiger partial charge in [0.05, 0.1) is 29.9 Å². The number of benzene rings is 2. The van der Waals surface area contributed by atoms with E-state index in [0.29, 0.717) is 28.8 Å². The Morgan fingerprint density at radius 3 is 2.88 bits per heavy atom. The highest BCUT2D eigenvalue weighted by molar-refractivity contribution is 6.36. The Morgan fingerprint density at radius 1 is 1.26 bits per heavy atom. The van der Waals surface area contributed by atoms with Crippen LogP contribution >= 0.6 is 11.6 Å². The second kappa shape index (κ2) is 9.32. The second-order valence-corrected chi connectivity index (χ2v) is 8.48. The molecule has 1 saturated heterocycles. The summed E-state index contributed by atoms with van der Waals surface area (Å²) in [7, 11) is 3.40. The summed E-state index contributed by atoms with van der Waals surface area (Å²) in [6.45, 7) is 1.49. The molecule has 34 heavy (non-hydrogen) atoms. The van der Waals surface area contributed by atoms with Gasteiger partial charge in [0.15, 0.2) is 23.9 Å². The van der Waals surface area contributed by atoms with E-state index in [4.69, 9.17) is 26.1 Å². The van der Waals surface area contributed by atoms with Gasteiger partial charge in [0.1, 0.15) is 5.82 Å². The lowest BCUT2D eigenvalue weighted by atomic mass is 10.1. The van der Waals surface area contributed by atoms with Gasteiger partial charge in [-0.25, -0.2) is 4.98 Å². The standard InChI is InChI=1S/C23H24ClN7O3/c1-31-20(8-13-3-5-17-16(22(13)24)11-26-29-17)28-23(30-31)14-4-6-18(19(7-14)33-2)34-12-21(32)27-15-9-25-10-15/h3-7,11,15,25H,8-10,12H2,1-2H3,(H,26,29)(H,27,32). The minimum atomic E-state index is -0.166. The van der Waals surface area contributed by atoms with Gasteiger partial charge in [-0.05, 0) is 29.8 Å². The minimum absolute atomic E-state index is 0.0834. The van der Waals surface area contributed by atoms with Gasteiger partial charge in [0.25, 0.3) is 5.91 Å². The Morgan fingerprint density at radius 2 is 2.12 bits per heavy atom. The summed E-state index contributed by atoms with van der Waals surface area (Å²) in [6, 6.07) is 9.48. The van der Waals surface area contributed by atoms with E-state index in [-0.39, 0.29) is 18.6 Å². The maximum Gasteiger partial charge on any atom is 0.258 e. The Kier molecular flexibility index (Phi) is 6.08. The van der Waals surface area contributed by atoms with Crippen LogP contribution in [0.2, 0.25) is 5.02 Å². The van der Waals surface area contributed by atoms with Gasteiger partial charge in [-0.1, -0.05) is 17.7 Å². The number of aromatic nitrogens is 5. The van der Waals surface area contributed by atoms with E-state index in [2.05, 4.69) is 25.9 Å². The molecule has 2 aromatic heterocycles. The molecule has 3 heterocycles. The monoisotopic (exact) mass is 481 g/mol. The van der Waals surface area contributed by atoms with E-state index in [0.717, 1.165) is 40.9 Å². The summed E-state index contributed by atoms with van der Waals surface area (Å²) in [4.78, 5) is 16.8. The van der Waals surface area contributed by atoms with Crippen LogP contribution in [0.3, 0.4) is 0 Å². The first kappa shape index (κ1) is 22.2. The highest BCUT2D eigenvalue weighted by Gasteiger charge is 2.20. The van der Waals surface area contributed by atoms with Crippen molar-refractivity contribution in [3.05, 3.63) is 52.9 Å². The van der Waals surface area contributed by atoms with Crippen molar-refractivity contribution < 1.29 is 14.3 Å². The van der Waals surface area contributed by atoms with Gasteiger partial charge >= 0.3 is 0 Å². The second-order valence-electron chi connectivity index (χ2n) is 8.10. The molecule has 0 atom stereocenters. The van der Waals surface area contributed by atoms with Crippen LogP contribution in [-0.2, 0) is 18.3 Å². The number of nitrogens with one attached hydrogen (secondary N) is 3. The molecule has 4 aromatic rings. The van der Waals surface area contributed by atoms with Crippen molar-refractivity contribution in [2.45, 2.75) is 12.5 Å². The van der Waals surface area contributed by atoms with Crippen molar-refractivity contribution in [3.63, 3.8) is 0 Å². The molecule has 0 saturated carbocycles. The third kappa shape index (κ3) is 4.42. The van der Waals surface area contributed by atoms with Gasteiger partial charge in [0, 0.05) is 37.5 Å². The number of halogens is 1. The number of fused-ring (bicyclic) bond motifs is 1. The molecule has 5 rings (SSSR count). The van der Waals surface area contributed by atoms with Gasteiger partial charge in [0.2, 0.25) is 0 Å². The number of hydrogen-bond donors (Lipinski definition) is 3. The van der Waals surface area contributed by atoms with Crippen LogP contribution in [0.15, 0.2) is 36.5 Å². The van der Waals surface area contributed by atoms with Crippen molar-refractivity contribution in [1.82, 2.24) is 35.6 Å². The predicted octanol–water partition coefficient (Wildman–Crippen LogP) is 2.08. The van der Waals surface area contributed by atoms with E-state index in [9.17, 15) is 4.79 Å². The summed E-state index contributed by atoms with van der Waals surface area (Å²) in [6.07, 6.45) is 2.24. The van der Waals surface area contributed by atoms with Crippen LogP contribution < -0.4 is 20.1 Å². The number of aryl methyl sites for hydroxylation is 1. The number of hydrogen-bond acceptors (Lipinski definition) is 7. The normalized spacial score (nSPS) is 13.6. The summed E-state index contributed by atoms with van der Waals surface area (Å²) >= 11 is 6.58. The molecule has 11 heteroatoms. The Hall–Kier alpha value is -3.63. The minimum Gasteiger partial charge on any atom is -0.493 e. The zero-order chi connectivity index (χ0) is 23.7. The van der Waals surface area contributed by atoms with Crippen molar-refractivity contribution >= 4 is 28.4 Å². The number of rotatable bonds is 8. The van der Waals surface area contributed by atoms with Crippen LogP contribution in [-0.4, -0.2) is 63.7 Å². The molecule has 0 spiro atoms. The van der Waals surface area contributed by atoms with Gasteiger partial charge in [-0.15, -0.1) is 0 Å². The first-order valence-electron chi connectivity index (χ1n) is 10.8. The van der Waals surface area contributed by atoms with Crippen molar-refractivity contribution in [2.24, 2.45) is 7.05 Å². The van der Waals surface area contributed by atoms with Crippen LogP contribution in [0, 0.1) is 0 Å². The van der Waals surface area contributed by atoms with Crippen molar-refractivity contribution in [3.8, 4) is 22.9 Å². The van der Waals surface area contributed by atoms with E-state index in [1.165, 1.54) is 0 Å². The average Bonchev–Trinajstić information content (AvgIpc) is 3.44. The van der Waals surface area contributed by atoms with Crippen LogP contribution in [0.4, 0.5) is 0 Å². The summed E-state index contributed by atoms with van der Waals surface area (Å²) in [5, 5.41) is 19.1. The zero-order valence-corrected chi connectivity index (χ0v) is 19.5. The number of aromatic amines is 1. The summed E-state index contributed by atoms with van der Waals surface area (Å²) in [5.41, 5.74) is 2.60. The van der Waals surface area contributed by atoms with Gasteiger partial charge < -0.3 is 20.1 Å². The fourth-order valence-electron chi connectivity index (χ4n) is 3.76. The fourth-order valence-corrected chi connectivity index (χ4v) is 4.04. The largest absolute Gasteiger partial charge is 0.493 e. The first-order chi connectivity index (χ1) is 16.5. The number of nitrogens with zero attached hydrogens (tertiary/aromatic N) is 4. The summed E-state index contributed by atoms with van der Waals surface area (Å²) in [5.74, 6) is 2.13. The van der Waals surface area contributed by atoms with Crippen LogP contribution in [0.25, 0.3) is 22.3 Å². The molecule has 3 N–H and O–H groups in total. The highest BCUT2D eigenvalue weighted by Crippen LogP contribution is 2.32. The number of methoxy groups -OCH3 is 1. The van der Waals surface area contributed by atoms with E-state index in [1.54, 1.807) is 30.1 Å². The smallest absolute Gasteiger partial charge is 0.258 e. The summed E-state index contributed by atoms with van der Waals surface area (Å²) < 4.78 is 12.9. The van der Waals surface area contributed by atoms with Crippen LogP contribution in [0.5, 0.6) is 11.5 Å². The predicted molar refractivity (Wildman–Crippen MR) is 127 cm³/mol. The van der Waals surface area contributed by atoms with Gasteiger partial charge in [-0.3, -0.25) is 14.6 Å². The average molecular weight is 482 g/mol. The van der Waals surface area contributed by atoms with Crippen molar-refractivity contribution in [2.75, 3.05) is 26.8 Å². The molecule has 0 aliphatic carbocycles. The molecule has 1 aliphatic heterocycles. The molecule has 1 fully saturated rings. The molecule has 2 aromatic carbocycles. The Bertz CT molecular complexity index is 1350. The maximum absolute atomic E-state index is 12.0. The number of H-pyrrole nitrogens is 1. The van der Waals surface area contributed by atoms with Crippen molar-refractivity contribution in [1.29, 1.82) is 0 Å². The molecule has 0 unspecified atom stereocenters. The molecule has 1 aliphatic rings. The van der Waals surface area contributed by atoms with E-state index < -0.39 is 0 Å². The molecule has 0 radical (unpaired) electrons. The zero-order valence-electron chi connectivity index (χ0n) is 18.8. The lowest BCUT2D eigenvalue weighted by molar-refractivity contribution is -0.124. The SMILES string of the molecule is COc1cc(-c2nc(Cc3ccc4[nH]ncc4c3Cl)n(C)n2)ccc1OCC(=O)NC1CNC1. The molecular formula is C23H24ClN7O3. The third-order valence-electron chi connectivity index (χ3n) is 5.77. The van der Waals surface area contributed by atoms with Crippen LogP contribution in [0.1, 0.15) is 11.4 Å². The molecule has 0 bridgehead atoms. The third-order valence-corrected chi connectivity index (χ3v) is 6.21. The topological polar surface area (TPSA) is 119 Å². The first-order valence-corrected chi connectivity index (χ1v) is 11.2. The Labute approximate surface area is 200 Å². The lowest BCUT2D eigenvalue weighted by Gasteiger charge is -2.27. The Balaban J connectivity index is 1.32. The number of carbonyl (C=O) groups is 1. The van der Waals surface area contributed by atoms with E-state index >= 15 is 0 Å². The maximum atomic E-state index is 12.0. The number of ether oxygens (including phenoxy) is 2. The fraction of sp³-hybridized carbons (Fsp3) is 0.304. The number of amides is 1. The molecule has 1 amide bonds.